The summed E-state index contributed by atoms with van der Waals surface area (Å²) in [4.78, 5) is 23.8. The Morgan fingerprint density at radius 3 is 2.45 bits per heavy atom. The van der Waals surface area contributed by atoms with Crippen LogP contribution in [0.2, 0.25) is 0 Å². The summed E-state index contributed by atoms with van der Waals surface area (Å²) in [5.41, 5.74) is 10.3. The lowest BCUT2D eigenvalue weighted by molar-refractivity contribution is 0.102. The van der Waals surface area contributed by atoms with Gasteiger partial charge in [0.15, 0.2) is 0 Å². The van der Waals surface area contributed by atoms with Crippen LogP contribution in [-0.2, 0) is 0 Å². The Bertz CT molecular complexity index is 1020. The van der Waals surface area contributed by atoms with Crippen LogP contribution < -0.4 is 15.8 Å². The van der Waals surface area contributed by atoms with Gasteiger partial charge in [-0.05, 0) is 66.0 Å². The zero-order valence-corrected chi connectivity index (χ0v) is 16.4. The molecule has 0 fully saturated rings. The smallest absolute Gasteiger partial charge is 0.255 e. The minimum absolute atomic E-state index is 0.222. The first-order chi connectivity index (χ1) is 14.0. The molecule has 3 rings (SSSR count). The quantitative estimate of drug-likeness (QED) is 0.559. The van der Waals surface area contributed by atoms with E-state index in [1.807, 2.05) is 44.2 Å². The number of nitrogens with one attached hydrogen (secondary N) is 1. The third-order valence-electron chi connectivity index (χ3n) is 4.52. The number of rotatable bonds is 7. The van der Waals surface area contributed by atoms with Gasteiger partial charge in [-0.25, -0.2) is 0 Å². The van der Waals surface area contributed by atoms with Gasteiger partial charge in [-0.3, -0.25) is 4.79 Å². The van der Waals surface area contributed by atoms with E-state index in [1.54, 1.807) is 30.3 Å². The van der Waals surface area contributed by atoms with Gasteiger partial charge in [0.05, 0.1) is 0 Å². The second kappa shape index (κ2) is 9.12. The summed E-state index contributed by atoms with van der Waals surface area (Å²) in [5, 5.41) is 5.99. The predicted molar refractivity (Wildman–Crippen MR) is 116 cm³/mol. The fourth-order valence-corrected chi connectivity index (χ4v) is 3.24. The van der Waals surface area contributed by atoms with Crippen LogP contribution in [0.5, 0.6) is 5.75 Å². The molecule has 6 heteroatoms. The van der Waals surface area contributed by atoms with E-state index in [0.717, 1.165) is 22.4 Å². The average molecular weight is 389 g/mol. The lowest BCUT2D eigenvalue weighted by Crippen LogP contribution is -2.14. The van der Waals surface area contributed by atoms with Crippen molar-refractivity contribution in [2.75, 3.05) is 18.5 Å². The van der Waals surface area contributed by atoms with Gasteiger partial charge in [0.1, 0.15) is 18.0 Å². The maximum atomic E-state index is 12.8. The molecule has 0 aliphatic rings. The molecule has 3 N–H and O–H groups in total. The monoisotopic (exact) mass is 389 g/mol. The molecule has 6 nitrogen and oxygen atoms in total. The van der Waals surface area contributed by atoms with E-state index < -0.39 is 0 Å². The lowest BCUT2D eigenvalue weighted by Gasteiger charge is -2.14. The molecule has 0 aromatic heterocycles. The van der Waals surface area contributed by atoms with Crippen molar-refractivity contribution in [2.45, 2.75) is 13.8 Å². The largest absolute Gasteiger partial charge is 0.492 e. The highest BCUT2D eigenvalue weighted by Gasteiger charge is 2.13. The van der Waals surface area contributed by atoms with E-state index in [4.69, 9.17) is 10.5 Å². The Morgan fingerprint density at radius 1 is 1.03 bits per heavy atom. The van der Waals surface area contributed by atoms with Crippen LogP contribution in [0, 0.1) is 18.8 Å². The number of nitrogens with two attached hydrogens (primary N) is 1. The maximum absolute atomic E-state index is 12.8. The van der Waals surface area contributed by atoms with Crippen LogP contribution in [0.1, 0.15) is 21.5 Å². The fraction of sp³-hybridized carbons (Fsp3) is 0.174. The van der Waals surface area contributed by atoms with Gasteiger partial charge in [0.2, 0.25) is 0 Å². The van der Waals surface area contributed by atoms with E-state index in [1.165, 1.54) is 0 Å². The molecule has 0 atom stereocenters. The summed E-state index contributed by atoms with van der Waals surface area (Å²) in [6.45, 7) is 4.66. The van der Waals surface area contributed by atoms with Gasteiger partial charge in [0.25, 0.3) is 5.91 Å². The first-order valence-electron chi connectivity index (χ1n) is 9.31. The standard InChI is InChI=1S/C23H23N3O3/c1-15-12-18(13-16(2)22(15)29-11-10-24)23(27)25-19-7-5-6-17(14-19)20-8-3-4-9-21(20)26-28/h3-9,12-14H,10-11,24H2,1-2H3,(H,25,27). The maximum Gasteiger partial charge on any atom is 0.255 e. The van der Waals surface area contributed by atoms with E-state index in [9.17, 15) is 9.70 Å². The number of hydrogen-bond donors (Lipinski definition) is 2. The zero-order chi connectivity index (χ0) is 20.8. The van der Waals surface area contributed by atoms with Crippen LogP contribution in [0.4, 0.5) is 11.4 Å². The molecule has 3 aromatic carbocycles. The molecule has 0 bridgehead atoms. The Labute approximate surface area is 169 Å². The highest BCUT2D eigenvalue weighted by Crippen LogP contribution is 2.31. The van der Waals surface area contributed by atoms with Crippen molar-refractivity contribution in [1.29, 1.82) is 0 Å². The second-order valence-corrected chi connectivity index (χ2v) is 6.72. The Kier molecular flexibility index (Phi) is 6.36. The average Bonchev–Trinajstić information content (AvgIpc) is 2.73. The normalized spacial score (nSPS) is 10.4. The number of carbonyl (C=O) groups is 1. The van der Waals surface area contributed by atoms with Gasteiger partial charge in [-0.15, -0.1) is 4.91 Å². The molecule has 0 spiro atoms. The third kappa shape index (κ3) is 4.67. The van der Waals surface area contributed by atoms with Gasteiger partial charge in [-0.1, -0.05) is 30.3 Å². The molecule has 0 saturated carbocycles. The van der Waals surface area contributed by atoms with Crippen molar-refractivity contribution in [3.63, 3.8) is 0 Å². The van der Waals surface area contributed by atoms with Crippen LogP contribution in [0.25, 0.3) is 11.1 Å². The van der Waals surface area contributed by atoms with E-state index in [-0.39, 0.29) is 5.91 Å². The Hall–Kier alpha value is -3.51. The molecule has 0 aliphatic carbocycles. The molecular weight excluding hydrogens is 366 g/mol. The van der Waals surface area contributed by atoms with Crippen molar-refractivity contribution in [2.24, 2.45) is 10.9 Å². The molecule has 0 unspecified atom stereocenters. The van der Waals surface area contributed by atoms with Crippen molar-refractivity contribution in [3.8, 4) is 16.9 Å². The first-order valence-corrected chi connectivity index (χ1v) is 9.31. The van der Waals surface area contributed by atoms with E-state index in [2.05, 4.69) is 10.5 Å². The highest BCUT2D eigenvalue weighted by atomic mass is 16.5. The number of anilines is 1. The van der Waals surface area contributed by atoms with Crippen LogP contribution in [0.15, 0.2) is 65.8 Å². The number of hydrogen-bond acceptors (Lipinski definition) is 5. The molecule has 148 valence electrons. The Morgan fingerprint density at radius 2 is 1.76 bits per heavy atom. The van der Waals surface area contributed by atoms with Gasteiger partial charge >= 0.3 is 0 Å². The number of amides is 1. The highest BCUT2D eigenvalue weighted by molar-refractivity contribution is 6.05. The molecule has 0 radical (unpaired) electrons. The summed E-state index contributed by atoms with van der Waals surface area (Å²) in [6.07, 6.45) is 0. The van der Waals surface area contributed by atoms with Crippen molar-refractivity contribution in [1.82, 2.24) is 0 Å². The van der Waals surface area contributed by atoms with Crippen LogP contribution in [0.3, 0.4) is 0 Å². The number of ether oxygens (including phenoxy) is 1. The lowest BCUT2D eigenvalue weighted by atomic mass is 10.0. The number of nitroso groups, excluding NO2 is 1. The van der Waals surface area contributed by atoms with Gasteiger partial charge < -0.3 is 15.8 Å². The molecule has 0 heterocycles. The molecule has 0 saturated heterocycles. The van der Waals surface area contributed by atoms with E-state index in [0.29, 0.717) is 35.7 Å². The van der Waals surface area contributed by atoms with Crippen LogP contribution in [-0.4, -0.2) is 19.1 Å². The number of aryl methyl sites for hydroxylation is 2. The summed E-state index contributed by atoms with van der Waals surface area (Å²) in [7, 11) is 0. The summed E-state index contributed by atoms with van der Waals surface area (Å²) in [6, 6.07) is 18.0. The molecule has 3 aromatic rings. The Balaban J connectivity index is 1.84. The van der Waals surface area contributed by atoms with Gasteiger partial charge in [0, 0.05) is 23.4 Å². The van der Waals surface area contributed by atoms with E-state index >= 15 is 0 Å². The molecule has 29 heavy (non-hydrogen) atoms. The molecule has 1 amide bonds. The molecular formula is C23H23N3O3. The second-order valence-electron chi connectivity index (χ2n) is 6.72. The number of carbonyl (C=O) groups excluding carboxylic acids is 1. The summed E-state index contributed by atoms with van der Waals surface area (Å²) >= 11 is 0. The fourth-order valence-electron chi connectivity index (χ4n) is 3.24. The van der Waals surface area contributed by atoms with Crippen molar-refractivity contribution < 1.29 is 9.53 Å². The van der Waals surface area contributed by atoms with Crippen molar-refractivity contribution >= 4 is 17.3 Å². The number of nitrogens with zero attached hydrogens (tertiary/aromatic N) is 1. The predicted octanol–water partition coefficient (Wildman–Crippen LogP) is 4.96. The number of benzene rings is 3. The molecule has 0 aliphatic heterocycles. The minimum atomic E-state index is -0.222. The summed E-state index contributed by atoms with van der Waals surface area (Å²) in [5.74, 6) is 0.535. The first kappa shape index (κ1) is 20.2. The van der Waals surface area contributed by atoms with Gasteiger partial charge in [-0.2, -0.15) is 0 Å². The topological polar surface area (TPSA) is 93.8 Å². The summed E-state index contributed by atoms with van der Waals surface area (Å²) < 4.78 is 5.67. The van der Waals surface area contributed by atoms with Crippen molar-refractivity contribution in [3.05, 3.63) is 82.3 Å². The third-order valence-corrected chi connectivity index (χ3v) is 4.52. The van der Waals surface area contributed by atoms with Crippen LogP contribution >= 0.6 is 0 Å². The minimum Gasteiger partial charge on any atom is -0.492 e. The SMILES string of the molecule is Cc1cc(C(=O)Nc2cccc(-c3ccccc3N=O)c2)cc(C)c1OCCN. The zero-order valence-electron chi connectivity index (χ0n) is 16.4.